The van der Waals surface area contributed by atoms with Crippen molar-refractivity contribution in [2.75, 3.05) is 39.9 Å². The molecule has 3 aromatic carbocycles. The number of hydrogen-bond acceptors (Lipinski definition) is 11. The molecule has 0 amide bonds. The number of carbonyl (C=O) groups excluding carboxylic acids is 1. The Morgan fingerprint density at radius 1 is 1.08 bits per heavy atom. The molecule has 1 aromatic heterocycles. The van der Waals surface area contributed by atoms with Gasteiger partial charge in [0, 0.05) is 51.7 Å². The number of carbonyl (C=O) groups is 1. The lowest BCUT2D eigenvalue weighted by Crippen LogP contribution is -2.69. The third-order valence-corrected chi connectivity index (χ3v) is 14.6. The van der Waals surface area contributed by atoms with Crippen molar-refractivity contribution >= 4 is 28.6 Å². The number of nitrogens with one attached hydrogen (secondary N) is 2. The molecule has 7 aliphatic rings. The largest absolute Gasteiger partial charge is 0.504 e. The smallest absolute Gasteiger partial charge is 0.333 e. The molecule has 53 heavy (non-hydrogen) atoms. The van der Waals surface area contributed by atoms with Gasteiger partial charge in [0.15, 0.2) is 28.5 Å². The first-order valence-electron chi connectivity index (χ1n) is 18.5. The molecule has 11 rings (SSSR count). The summed E-state index contributed by atoms with van der Waals surface area (Å²) in [6, 6.07) is 9.44. The summed E-state index contributed by atoms with van der Waals surface area (Å²) in [5.74, 6) is 2.06. The summed E-state index contributed by atoms with van der Waals surface area (Å²) in [4.78, 5) is 23.1. The second-order valence-electron chi connectivity index (χ2n) is 15.6. The quantitative estimate of drug-likeness (QED) is 0.216. The third kappa shape index (κ3) is 4.25. The number of rotatable bonds is 1. The van der Waals surface area contributed by atoms with E-state index >= 15 is 0 Å². The average Bonchev–Trinajstić information content (AvgIpc) is 3.78. The Labute approximate surface area is 312 Å². The number of esters is 1. The Kier molecular flexibility index (Phi) is 7.23. The van der Waals surface area contributed by atoms with Crippen LogP contribution in [0.5, 0.6) is 23.0 Å². The van der Waals surface area contributed by atoms with Crippen molar-refractivity contribution in [3.05, 3.63) is 80.0 Å². The number of nitriles is 1. The number of ether oxygens (including phenoxy) is 4. The van der Waals surface area contributed by atoms with E-state index in [2.05, 4.69) is 78.3 Å². The van der Waals surface area contributed by atoms with Crippen molar-refractivity contribution in [2.45, 2.75) is 81.5 Å². The number of H-pyrrole nitrogens is 1. The van der Waals surface area contributed by atoms with Gasteiger partial charge >= 0.3 is 5.97 Å². The van der Waals surface area contributed by atoms with Crippen molar-refractivity contribution in [3.63, 3.8) is 0 Å². The Hall–Kier alpha value is -4.41. The number of piperazine rings is 1. The molecule has 8 heterocycles. The number of aromatic hydroxyl groups is 1. The van der Waals surface area contributed by atoms with Crippen LogP contribution in [0.3, 0.4) is 0 Å². The summed E-state index contributed by atoms with van der Waals surface area (Å²) in [5.41, 5.74) is 10.0. The number of likely N-dealkylation sites (N-methyl/N-ethyl adjacent to an activating group) is 1. The van der Waals surface area contributed by atoms with Gasteiger partial charge in [-0.1, -0.05) is 17.7 Å². The number of methoxy groups -OCH3 is 1. The van der Waals surface area contributed by atoms with Crippen LogP contribution in [0.1, 0.15) is 73.1 Å². The van der Waals surface area contributed by atoms with Gasteiger partial charge in [-0.3, -0.25) is 15.1 Å². The normalized spacial score (nSPS) is 29.9. The highest BCUT2D eigenvalue weighted by molar-refractivity contribution is 7.99. The average molecular weight is 734 g/mol. The van der Waals surface area contributed by atoms with Crippen LogP contribution in [-0.4, -0.2) is 83.8 Å². The molecule has 1 unspecified atom stereocenters. The Morgan fingerprint density at radius 2 is 1.89 bits per heavy atom. The van der Waals surface area contributed by atoms with Gasteiger partial charge < -0.3 is 29.0 Å². The molecule has 12 heteroatoms. The predicted octanol–water partition coefficient (Wildman–Crippen LogP) is 5.45. The molecule has 2 fully saturated rings. The lowest BCUT2D eigenvalue weighted by Gasteiger charge is -2.62. The van der Waals surface area contributed by atoms with Crippen molar-refractivity contribution in [3.8, 4) is 29.1 Å². The first kappa shape index (κ1) is 33.2. The zero-order chi connectivity index (χ0) is 36.7. The lowest BCUT2D eigenvalue weighted by molar-refractivity contribution is -0.157. The molecule has 2 saturated heterocycles. The van der Waals surface area contributed by atoms with E-state index in [1.54, 1.807) is 18.9 Å². The van der Waals surface area contributed by atoms with Crippen LogP contribution < -0.4 is 19.5 Å². The molecule has 11 nitrogen and oxygen atoms in total. The van der Waals surface area contributed by atoms with Gasteiger partial charge in [-0.05, 0) is 93.1 Å². The Bertz CT molecular complexity index is 2320. The summed E-state index contributed by atoms with van der Waals surface area (Å²) in [6.07, 6.45) is 1.38. The van der Waals surface area contributed by atoms with Gasteiger partial charge in [0.2, 0.25) is 6.79 Å². The molecule has 7 atom stereocenters. The highest BCUT2D eigenvalue weighted by atomic mass is 32.2. The molecule has 274 valence electrons. The number of hydrogen-bond donors (Lipinski definition) is 3. The molecule has 0 saturated carbocycles. The second kappa shape index (κ2) is 11.5. The Balaban J connectivity index is 1.23. The van der Waals surface area contributed by atoms with E-state index in [0.29, 0.717) is 36.0 Å². The van der Waals surface area contributed by atoms with Crippen LogP contribution in [0.25, 0.3) is 10.9 Å². The fourth-order valence-corrected chi connectivity index (χ4v) is 12.5. The molecular weight excluding hydrogens is 691 g/mol. The molecular formula is C41H43N5O6S. The van der Waals surface area contributed by atoms with Crippen LogP contribution in [0.4, 0.5) is 0 Å². The minimum Gasteiger partial charge on any atom is -0.504 e. The van der Waals surface area contributed by atoms with Crippen LogP contribution in [0.15, 0.2) is 24.3 Å². The summed E-state index contributed by atoms with van der Waals surface area (Å²) in [6.45, 7) is 9.03. The topological polar surface area (TPSA) is 132 Å². The van der Waals surface area contributed by atoms with Crippen molar-refractivity contribution in [1.82, 2.24) is 20.1 Å². The fourth-order valence-electron chi connectivity index (χ4n) is 10.7. The number of thioether (sulfide) groups is 1. The standard InChI is InChI=1S/C41H43N5O6S/c1-18-7-8-25-24(11-18)23-9-10-43-41(39(23)44-25)16-53-38-29-20(3)21(4)36-37(52-17-51-36)31(29)28(15-50-40(41)48)46-27(14-42)26-13-22-12-19(2)35(49-6)34(47)30(22)32(33(38)46)45(26)5/h7-8,11-12,26-28,32-33,38,43-44,47H,9-10,13,15-17H2,1-6H3/t26-,27?,28-,32+,33+,38+,41+/m0/s1. The molecule has 1 spiro atoms. The lowest BCUT2D eigenvalue weighted by atomic mass is 9.71. The molecule has 0 aliphatic carbocycles. The summed E-state index contributed by atoms with van der Waals surface area (Å²) < 4.78 is 24.8. The highest BCUT2D eigenvalue weighted by Crippen LogP contribution is 2.63. The van der Waals surface area contributed by atoms with Crippen LogP contribution in [0.2, 0.25) is 0 Å². The number of phenols is 1. The van der Waals surface area contributed by atoms with Gasteiger partial charge in [-0.25, -0.2) is 4.79 Å². The van der Waals surface area contributed by atoms with Gasteiger partial charge in [0.25, 0.3) is 0 Å². The van der Waals surface area contributed by atoms with E-state index in [1.807, 2.05) is 6.92 Å². The summed E-state index contributed by atoms with van der Waals surface area (Å²) in [7, 11) is 3.68. The minimum absolute atomic E-state index is 0.0213. The molecule has 0 radical (unpaired) electrons. The highest BCUT2D eigenvalue weighted by Gasteiger charge is 2.61. The molecule has 7 aliphatic heterocycles. The van der Waals surface area contributed by atoms with Crippen LogP contribution in [-0.2, 0) is 27.9 Å². The number of aryl methyl sites for hydroxylation is 2. The van der Waals surface area contributed by atoms with Crippen LogP contribution >= 0.6 is 11.8 Å². The van der Waals surface area contributed by atoms with E-state index in [-0.39, 0.29) is 48.5 Å². The maximum atomic E-state index is 14.8. The maximum Gasteiger partial charge on any atom is 0.333 e. The van der Waals surface area contributed by atoms with E-state index in [0.717, 1.165) is 67.5 Å². The number of phenolic OH excluding ortho intramolecular Hbond substituents is 1. The minimum atomic E-state index is -1.13. The van der Waals surface area contributed by atoms with Crippen LogP contribution in [0, 0.1) is 39.0 Å². The molecule has 3 N–H and O–H groups in total. The first-order valence-corrected chi connectivity index (χ1v) is 19.5. The van der Waals surface area contributed by atoms with Crippen molar-refractivity contribution in [2.24, 2.45) is 0 Å². The van der Waals surface area contributed by atoms with E-state index in [4.69, 9.17) is 18.9 Å². The monoisotopic (exact) mass is 733 g/mol. The van der Waals surface area contributed by atoms with E-state index in [9.17, 15) is 15.2 Å². The van der Waals surface area contributed by atoms with Crippen molar-refractivity contribution in [1.29, 1.82) is 5.26 Å². The zero-order valence-electron chi connectivity index (χ0n) is 30.8. The summed E-state index contributed by atoms with van der Waals surface area (Å²) >= 11 is 1.72. The van der Waals surface area contributed by atoms with Gasteiger partial charge in [0.05, 0.1) is 31.0 Å². The number of aromatic amines is 1. The molecule has 4 bridgehead atoms. The number of benzene rings is 3. The Morgan fingerprint density at radius 3 is 2.68 bits per heavy atom. The maximum absolute atomic E-state index is 14.8. The zero-order valence-corrected chi connectivity index (χ0v) is 31.6. The number of fused-ring (bicyclic) bond motifs is 11. The predicted molar refractivity (Wildman–Crippen MR) is 200 cm³/mol. The van der Waals surface area contributed by atoms with Gasteiger partial charge in [-0.15, -0.1) is 11.8 Å². The number of aromatic nitrogens is 1. The SMILES string of the molecule is COc1c(C)cc2c(c1O)[C@@H]1[C@@H]3[C@@H]4SC[C@]5(NCCc6c5[nH]c5ccc(C)cc65)C(=O)OC[C@@H](c5c6c(c(C)c(C)c54)OCO6)N3C(C#N)[C@H](C2)N1C. The summed E-state index contributed by atoms with van der Waals surface area (Å²) in [5, 5.41) is 27.7. The van der Waals surface area contributed by atoms with Crippen molar-refractivity contribution < 1.29 is 28.8 Å². The van der Waals surface area contributed by atoms with Gasteiger partial charge in [-0.2, -0.15) is 5.26 Å². The number of nitrogens with zero attached hydrogens (tertiary/aromatic N) is 3. The van der Waals surface area contributed by atoms with Gasteiger partial charge in [0.1, 0.15) is 12.6 Å². The molecule has 4 aromatic rings. The third-order valence-electron chi connectivity index (χ3n) is 13.2. The van der Waals surface area contributed by atoms with E-state index in [1.165, 1.54) is 5.56 Å². The fraction of sp³-hybridized carbons (Fsp3) is 0.463. The second-order valence-corrected chi connectivity index (χ2v) is 16.8. The van der Waals surface area contributed by atoms with E-state index < -0.39 is 17.6 Å². The first-order chi connectivity index (χ1) is 25.6.